The molecular weight excluding hydrogens is 432 g/mol. The quantitative estimate of drug-likeness (QED) is 0.500. The van der Waals surface area contributed by atoms with Crippen LogP contribution < -0.4 is 10.1 Å². The molecule has 1 atom stereocenters. The minimum atomic E-state index is -0.356. The Morgan fingerprint density at radius 3 is 2.52 bits per heavy atom. The van der Waals surface area contributed by atoms with Crippen molar-refractivity contribution in [3.8, 4) is 17.6 Å². The standard InChI is InChI=1S/C27H34N2O3S/c1-6-16-29(27(31)28-21(4)19-33-18-20(2)3)26(30)24-12-9-10-22(17-24)14-15-23-11-7-8-13-25(23)32-5/h7-13,17,20-21H,6,16,18-19H2,1-5H3,(H,28,31)/t21-/m1/s1. The van der Waals surface area contributed by atoms with Gasteiger partial charge in [-0.3, -0.25) is 9.69 Å². The molecule has 0 aliphatic carbocycles. The molecule has 1 N–H and O–H groups in total. The Labute approximate surface area is 202 Å². The largest absolute Gasteiger partial charge is 0.495 e. The first kappa shape index (κ1) is 26.3. The molecular formula is C27H34N2O3S. The molecule has 5 nitrogen and oxygen atoms in total. The Bertz CT molecular complexity index is 994. The average molecular weight is 467 g/mol. The SMILES string of the molecule is CCCN(C(=O)N[C@H](C)CSCC(C)C)C(=O)c1cccc(C#Cc2ccccc2OC)c1. The third-order valence-electron chi connectivity index (χ3n) is 4.68. The number of rotatable bonds is 9. The molecule has 2 rings (SSSR count). The Kier molecular flexibility index (Phi) is 10.9. The molecule has 2 aromatic rings. The molecule has 0 fully saturated rings. The third-order valence-corrected chi connectivity index (χ3v) is 6.32. The summed E-state index contributed by atoms with van der Waals surface area (Å²) in [5.41, 5.74) is 1.90. The fourth-order valence-corrected chi connectivity index (χ4v) is 4.15. The van der Waals surface area contributed by atoms with Crippen molar-refractivity contribution in [3.63, 3.8) is 0 Å². The molecule has 176 valence electrons. The van der Waals surface area contributed by atoms with Crippen molar-refractivity contribution in [2.24, 2.45) is 5.92 Å². The number of carbonyl (C=O) groups excluding carboxylic acids is 2. The van der Waals surface area contributed by atoms with Gasteiger partial charge in [-0.05, 0) is 55.3 Å². The molecule has 2 aromatic carbocycles. The van der Waals surface area contributed by atoms with Crippen molar-refractivity contribution in [3.05, 3.63) is 65.2 Å². The van der Waals surface area contributed by atoms with Crippen LogP contribution in [0.1, 0.15) is 55.6 Å². The number of hydrogen-bond donors (Lipinski definition) is 1. The van der Waals surface area contributed by atoms with E-state index in [0.29, 0.717) is 35.8 Å². The van der Waals surface area contributed by atoms with Gasteiger partial charge in [0, 0.05) is 29.5 Å². The Morgan fingerprint density at radius 2 is 1.82 bits per heavy atom. The number of hydrogen-bond acceptors (Lipinski definition) is 4. The highest BCUT2D eigenvalue weighted by atomic mass is 32.2. The number of nitrogens with zero attached hydrogens (tertiary/aromatic N) is 1. The Morgan fingerprint density at radius 1 is 1.06 bits per heavy atom. The van der Waals surface area contributed by atoms with Crippen molar-refractivity contribution in [1.29, 1.82) is 0 Å². The number of nitrogens with one attached hydrogen (secondary N) is 1. The summed E-state index contributed by atoms with van der Waals surface area (Å²) in [4.78, 5) is 27.3. The van der Waals surface area contributed by atoms with Gasteiger partial charge in [-0.25, -0.2) is 4.79 Å². The van der Waals surface area contributed by atoms with Gasteiger partial charge >= 0.3 is 6.03 Å². The lowest BCUT2D eigenvalue weighted by Crippen LogP contribution is -2.47. The number of carbonyl (C=O) groups is 2. The zero-order valence-corrected chi connectivity index (χ0v) is 21.0. The van der Waals surface area contributed by atoms with Crippen LogP contribution in [0.15, 0.2) is 48.5 Å². The minimum Gasteiger partial charge on any atom is -0.495 e. The highest BCUT2D eigenvalue weighted by molar-refractivity contribution is 7.99. The van der Waals surface area contributed by atoms with E-state index in [2.05, 4.69) is 31.0 Å². The molecule has 6 heteroatoms. The lowest BCUT2D eigenvalue weighted by Gasteiger charge is -2.23. The van der Waals surface area contributed by atoms with E-state index in [-0.39, 0.29) is 18.0 Å². The van der Waals surface area contributed by atoms with Crippen LogP contribution in [0.2, 0.25) is 0 Å². The lowest BCUT2D eigenvalue weighted by atomic mass is 10.1. The van der Waals surface area contributed by atoms with Gasteiger partial charge in [0.25, 0.3) is 5.91 Å². The summed E-state index contributed by atoms with van der Waals surface area (Å²) < 4.78 is 5.34. The van der Waals surface area contributed by atoms with Crippen LogP contribution in [0.25, 0.3) is 0 Å². The molecule has 0 aliphatic heterocycles. The predicted molar refractivity (Wildman–Crippen MR) is 137 cm³/mol. The van der Waals surface area contributed by atoms with Crippen molar-refractivity contribution >= 4 is 23.7 Å². The summed E-state index contributed by atoms with van der Waals surface area (Å²) in [5.74, 6) is 9.02. The van der Waals surface area contributed by atoms with Gasteiger partial charge in [-0.1, -0.05) is 50.8 Å². The summed E-state index contributed by atoms with van der Waals surface area (Å²) in [7, 11) is 1.61. The number of thioether (sulfide) groups is 1. The second-order valence-corrected chi connectivity index (χ2v) is 9.34. The zero-order chi connectivity index (χ0) is 24.2. The van der Waals surface area contributed by atoms with Gasteiger partial charge in [-0.15, -0.1) is 0 Å². The van der Waals surface area contributed by atoms with E-state index in [1.54, 1.807) is 25.3 Å². The fourth-order valence-electron chi connectivity index (χ4n) is 3.10. The fraction of sp³-hybridized carbons (Fsp3) is 0.407. The summed E-state index contributed by atoms with van der Waals surface area (Å²) >= 11 is 1.81. The van der Waals surface area contributed by atoms with E-state index in [9.17, 15) is 9.59 Å². The maximum Gasteiger partial charge on any atom is 0.324 e. The number of methoxy groups -OCH3 is 1. The van der Waals surface area contributed by atoms with Crippen LogP contribution in [-0.4, -0.2) is 48.0 Å². The molecule has 0 saturated carbocycles. The first-order chi connectivity index (χ1) is 15.8. The first-order valence-electron chi connectivity index (χ1n) is 11.3. The normalized spacial score (nSPS) is 11.3. The van der Waals surface area contributed by atoms with Gasteiger partial charge in [0.05, 0.1) is 12.7 Å². The van der Waals surface area contributed by atoms with E-state index in [4.69, 9.17) is 4.74 Å². The van der Waals surface area contributed by atoms with Crippen LogP contribution in [0.4, 0.5) is 4.79 Å². The van der Waals surface area contributed by atoms with Crippen LogP contribution in [0.3, 0.4) is 0 Å². The summed E-state index contributed by atoms with van der Waals surface area (Å²) in [5, 5.41) is 2.97. The maximum atomic E-state index is 13.2. The summed E-state index contributed by atoms with van der Waals surface area (Å²) in [6, 6.07) is 14.2. The van der Waals surface area contributed by atoms with E-state index in [1.807, 2.05) is 55.9 Å². The van der Waals surface area contributed by atoms with Crippen molar-refractivity contribution < 1.29 is 14.3 Å². The molecule has 0 spiro atoms. The monoisotopic (exact) mass is 466 g/mol. The number of para-hydroxylation sites is 1. The van der Waals surface area contributed by atoms with E-state index < -0.39 is 0 Å². The first-order valence-corrected chi connectivity index (χ1v) is 12.5. The average Bonchev–Trinajstić information content (AvgIpc) is 2.80. The van der Waals surface area contributed by atoms with Gasteiger partial charge in [0.1, 0.15) is 5.75 Å². The predicted octanol–water partition coefficient (Wildman–Crippen LogP) is 5.43. The number of ether oxygens (including phenoxy) is 1. The molecule has 0 saturated heterocycles. The van der Waals surface area contributed by atoms with Crippen molar-refractivity contribution in [2.75, 3.05) is 25.2 Å². The molecule has 0 aromatic heterocycles. The number of benzene rings is 2. The lowest BCUT2D eigenvalue weighted by molar-refractivity contribution is 0.0799. The molecule has 0 unspecified atom stereocenters. The number of imide groups is 1. The highest BCUT2D eigenvalue weighted by Crippen LogP contribution is 2.16. The second kappa shape index (κ2) is 13.6. The summed E-state index contributed by atoms with van der Waals surface area (Å²) in [6.07, 6.45) is 0.683. The van der Waals surface area contributed by atoms with Crippen LogP contribution in [0, 0.1) is 17.8 Å². The third kappa shape index (κ3) is 8.51. The van der Waals surface area contributed by atoms with Crippen molar-refractivity contribution in [1.82, 2.24) is 10.2 Å². The minimum absolute atomic E-state index is 0.0218. The maximum absolute atomic E-state index is 13.2. The molecule has 0 bridgehead atoms. The number of urea groups is 1. The Hall–Kier alpha value is -2.91. The molecule has 0 heterocycles. The van der Waals surface area contributed by atoms with E-state index in [1.165, 1.54) is 4.90 Å². The smallest absolute Gasteiger partial charge is 0.324 e. The number of amides is 3. The van der Waals surface area contributed by atoms with Crippen LogP contribution in [0.5, 0.6) is 5.75 Å². The van der Waals surface area contributed by atoms with Gasteiger partial charge in [-0.2, -0.15) is 11.8 Å². The van der Waals surface area contributed by atoms with Gasteiger partial charge in [0.2, 0.25) is 0 Å². The van der Waals surface area contributed by atoms with Gasteiger partial charge in [0.15, 0.2) is 0 Å². The zero-order valence-electron chi connectivity index (χ0n) is 20.2. The molecule has 0 aliphatic rings. The topological polar surface area (TPSA) is 58.6 Å². The molecule has 0 radical (unpaired) electrons. The highest BCUT2D eigenvalue weighted by Gasteiger charge is 2.23. The summed E-state index contributed by atoms with van der Waals surface area (Å²) in [6.45, 7) is 8.62. The van der Waals surface area contributed by atoms with E-state index in [0.717, 1.165) is 17.1 Å². The van der Waals surface area contributed by atoms with E-state index >= 15 is 0 Å². The van der Waals surface area contributed by atoms with Crippen LogP contribution in [-0.2, 0) is 0 Å². The van der Waals surface area contributed by atoms with Crippen molar-refractivity contribution in [2.45, 2.75) is 40.2 Å². The second-order valence-electron chi connectivity index (χ2n) is 8.27. The van der Waals surface area contributed by atoms with Crippen LogP contribution >= 0.6 is 11.8 Å². The van der Waals surface area contributed by atoms with Gasteiger partial charge < -0.3 is 10.1 Å². The molecule has 3 amide bonds. The Balaban J connectivity index is 2.13. The molecule has 33 heavy (non-hydrogen) atoms.